The molecule has 5 heteroatoms. The van der Waals surface area contributed by atoms with Gasteiger partial charge in [-0.15, -0.1) is 0 Å². The van der Waals surface area contributed by atoms with Gasteiger partial charge in [-0.1, -0.05) is 24.9 Å². The molecule has 84 valence electrons. The summed E-state index contributed by atoms with van der Waals surface area (Å²) < 4.78 is 1.88. The lowest BCUT2D eigenvalue weighted by molar-refractivity contribution is 0.858. The molecular weight excluding hydrogens is 224 g/mol. The molecule has 4 nitrogen and oxygen atoms in total. The molecule has 0 amide bonds. The fourth-order valence-electron chi connectivity index (χ4n) is 1.53. The molecule has 0 unspecified atom stereocenters. The Morgan fingerprint density at radius 3 is 2.81 bits per heavy atom. The van der Waals surface area contributed by atoms with Crippen molar-refractivity contribution in [2.24, 2.45) is 7.05 Å². The largest absolute Gasteiger partial charge is 0.331 e. The van der Waals surface area contributed by atoms with Gasteiger partial charge < -0.3 is 4.57 Å². The first-order valence-corrected chi connectivity index (χ1v) is 5.59. The van der Waals surface area contributed by atoms with E-state index in [2.05, 4.69) is 21.9 Å². The molecule has 0 radical (unpaired) electrons. The third-order valence-corrected chi connectivity index (χ3v) is 2.47. The molecule has 0 bridgehead atoms. The van der Waals surface area contributed by atoms with E-state index in [4.69, 9.17) is 11.6 Å². The standard InChI is InChI=1S/C11H13ClN4/c1-3-4-8-7-9(12)15-10(14-8)11-13-5-6-16(11)2/h5-7H,3-4H2,1-2H3. The van der Waals surface area contributed by atoms with Crippen molar-refractivity contribution in [3.8, 4) is 11.6 Å². The smallest absolute Gasteiger partial charge is 0.197 e. The zero-order valence-corrected chi connectivity index (χ0v) is 10.1. The Kier molecular flexibility index (Phi) is 3.19. The molecule has 0 spiro atoms. The van der Waals surface area contributed by atoms with Crippen LogP contribution in [-0.2, 0) is 13.5 Å². The Hall–Kier alpha value is -1.42. The second-order valence-electron chi connectivity index (χ2n) is 3.62. The first kappa shape index (κ1) is 11.1. The molecular formula is C11H13ClN4. The molecule has 2 aromatic heterocycles. The lowest BCUT2D eigenvalue weighted by Crippen LogP contribution is -2.00. The minimum Gasteiger partial charge on any atom is -0.331 e. The molecule has 0 saturated carbocycles. The summed E-state index contributed by atoms with van der Waals surface area (Å²) in [5.41, 5.74) is 0.959. The van der Waals surface area contributed by atoms with Gasteiger partial charge in [0.15, 0.2) is 11.6 Å². The van der Waals surface area contributed by atoms with Gasteiger partial charge in [0.2, 0.25) is 0 Å². The Balaban J connectivity index is 2.45. The van der Waals surface area contributed by atoms with E-state index in [9.17, 15) is 0 Å². The molecule has 0 aliphatic carbocycles. The van der Waals surface area contributed by atoms with E-state index in [0.717, 1.165) is 24.4 Å². The minimum atomic E-state index is 0.469. The third-order valence-electron chi connectivity index (χ3n) is 2.28. The molecule has 2 heterocycles. The van der Waals surface area contributed by atoms with Crippen LogP contribution in [0.15, 0.2) is 18.5 Å². The summed E-state index contributed by atoms with van der Waals surface area (Å²) in [6.45, 7) is 2.11. The van der Waals surface area contributed by atoms with Crippen molar-refractivity contribution in [1.29, 1.82) is 0 Å². The average Bonchev–Trinajstić information content (AvgIpc) is 2.64. The SMILES string of the molecule is CCCc1cc(Cl)nc(-c2nccn2C)n1. The number of imidazole rings is 1. The zero-order valence-electron chi connectivity index (χ0n) is 9.31. The molecule has 0 aromatic carbocycles. The fraction of sp³-hybridized carbons (Fsp3) is 0.364. The van der Waals surface area contributed by atoms with Crippen LogP contribution in [0.2, 0.25) is 5.15 Å². The van der Waals surface area contributed by atoms with E-state index >= 15 is 0 Å². The van der Waals surface area contributed by atoms with Gasteiger partial charge in [0.1, 0.15) is 5.15 Å². The quantitative estimate of drug-likeness (QED) is 0.769. The van der Waals surface area contributed by atoms with Gasteiger partial charge >= 0.3 is 0 Å². The predicted molar refractivity (Wildman–Crippen MR) is 63.2 cm³/mol. The number of aryl methyl sites for hydroxylation is 2. The van der Waals surface area contributed by atoms with Crippen LogP contribution in [0.3, 0.4) is 0 Å². The molecule has 2 rings (SSSR count). The van der Waals surface area contributed by atoms with Crippen LogP contribution in [0.4, 0.5) is 0 Å². The Bertz CT molecular complexity index is 492. The first-order chi connectivity index (χ1) is 7.70. The van der Waals surface area contributed by atoms with E-state index in [1.54, 1.807) is 12.3 Å². The molecule has 0 aliphatic heterocycles. The average molecular weight is 237 g/mol. The number of nitrogens with zero attached hydrogens (tertiary/aromatic N) is 4. The summed E-state index contributed by atoms with van der Waals surface area (Å²) in [7, 11) is 1.91. The molecule has 0 fully saturated rings. The second-order valence-corrected chi connectivity index (χ2v) is 4.00. The Labute approximate surface area is 99.3 Å². The van der Waals surface area contributed by atoms with Crippen molar-refractivity contribution < 1.29 is 0 Å². The number of hydrogen-bond acceptors (Lipinski definition) is 3. The van der Waals surface area contributed by atoms with Crippen LogP contribution in [0.5, 0.6) is 0 Å². The zero-order chi connectivity index (χ0) is 11.5. The van der Waals surface area contributed by atoms with E-state index in [0.29, 0.717) is 11.0 Å². The summed E-state index contributed by atoms with van der Waals surface area (Å²) in [4.78, 5) is 12.8. The van der Waals surface area contributed by atoms with Crippen molar-refractivity contribution >= 4 is 11.6 Å². The maximum absolute atomic E-state index is 5.97. The first-order valence-electron chi connectivity index (χ1n) is 5.22. The van der Waals surface area contributed by atoms with Crippen LogP contribution in [0, 0.1) is 0 Å². The highest BCUT2D eigenvalue weighted by molar-refractivity contribution is 6.29. The van der Waals surface area contributed by atoms with Crippen LogP contribution >= 0.6 is 11.6 Å². The van der Waals surface area contributed by atoms with Crippen molar-refractivity contribution in [3.05, 3.63) is 29.3 Å². The molecule has 2 aromatic rings. The van der Waals surface area contributed by atoms with E-state index < -0.39 is 0 Å². The molecule has 0 aliphatic rings. The van der Waals surface area contributed by atoms with E-state index in [-0.39, 0.29) is 0 Å². The van der Waals surface area contributed by atoms with Crippen molar-refractivity contribution in [2.75, 3.05) is 0 Å². The highest BCUT2D eigenvalue weighted by Gasteiger charge is 2.09. The predicted octanol–water partition coefficient (Wildman–Crippen LogP) is 2.48. The number of halogens is 1. The topological polar surface area (TPSA) is 43.6 Å². The van der Waals surface area contributed by atoms with Crippen molar-refractivity contribution in [1.82, 2.24) is 19.5 Å². The van der Waals surface area contributed by atoms with E-state index in [1.807, 2.05) is 17.8 Å². The summed E-state index contributed by atoms with van der Waals surface area (Å²) in [5.74, 6) is 1.32. The highest BCUT2D eigenvalue weighted by Crippen LogP contribution is 2.16. The van der Waals surface area contributed by atoms with E-state index in [1.165, 1.54) is 0 Å². The van der Waals surface area contributed by atoms with Crippen LogP contribution < -0.4 is 0 Å². The molecule has 0 saturated heterocycles. The third kappa shape index (κ3) is 2.22. The lowest BCUT2D eigenvalue weighted by atomic mass is 10.2. The van der Waals surface area contributed by atoms with Crippen LogP contribution in [0.1, 0.15) is 19.0 Å². The summed E-state index contributed by atoms with van der Waals surface area (Å²) in [5, 5.41) is 0.469. The second kappa shape index (κ2) is 4.61. The van der Waals surface area contributed by atoms with Crippen LogP contribution in [-0.4, -0.2) is 19.5 Å². The van der Waals surface area contributed by atoms with Gasteiger partial charge in [0.05, 0.1) is 0 Å². The van der Waals surface area contributed by atoms with Crippen molar-refractivity contribution in [3.63, 3.8) is 0 Å². The number of hydrogen-bond donors (Lipinski definition) is 0. The molecule has 0 N–H and O–H groups in total. The number of rotatable bonds is 3. The molecule has 16 heavy (non-hydrogen) atoms. The van der Waals surface area contributed by atoms with Gasteiger partial charge in [0.25, 0.3) is 0 Å². The monoisotopic (exact) mass is 236 g/mol. The summed E-state index contributed by atoms with van der Waals surface area (Å²) in [6, 6.07) is 1.80. The fourth-order valence-corrected chi connectivity index (χ4v) is 1.74. The highest BCUT2D eigenvalue weighted by atomic mass is 35.5. The van der Waals surface area contributed by atoms with Crippen LogP contribution in [0.25, 0.3) is 11.6 Å². The Morgan fingerprint density at radius 1 is 1.38 bits per heavy atom. The number of aromatic nitrogens is 4. The van der Waals surface area contributed by atoms with Gasteiger partial charge in [-0.25, -0.2) is 15.0 Å². The lowest BCUT2D eigenvalue weighted by Gasteiger charge is -2.04. The van der Waals surface area contributed by atoms with Gasteiger partial charge in [-0.05, 0) is 12.5 Å². The summed E-state index contributed by atoms with van der Waals surface area (Å²) >= 11 is 5.97. The molecule has 0 atom stereocenters. The summed E-state index contributed by atoms with van der Waals surface area (Å²) in [6.07, 6.45) is 5.52. The maximum Gasteiger partial charge on any atom is 0.197 e. The van der Waals surface area contributed by atoms with Gasteiger partial charge in [-0.3, -0.25) is 0 Å². The van der Waals surface area contributed by atoms with Gasteiger partial charge in [-0.2, -0.15) is 0 Å². The normalized spacial score (nSPS) is 10.7. The maximum atomic E-state index is 5.97. The van der Waals surface area contributed by atoms with Crippen molar-refractivity contribution in [2.45, 2.75) is 19.8 Å². The minimum absolute atomic E-state index is 0.469. The Morgan fingerprint density at radius 2 is 2.19 bits per heavy atom. The van der Waals surface area contributed by atoms with Gasteiger partial charge in [0, 0.05) is 25.1 Å².